The number of aliphatic hydroxyl groups excluding tert-OH is 1. The zero-order valence-corrected chi connectivity index (χ0v) is 19.8. The summed E-state index contributed by atoms with van der Waals surface area (Å²) < 4.78 is 11.5. The fourth-order valence-electron chi connectivity index (χ4n) is 3.63. The number of aromatic nitrogens is 1. The van der Waals surface area contributed by atoms with Crippen molar-refractivity contribution in [1.29, 1.82) is 0 Å². The average molecular weight is 509 g/mol. The number of amides is 1. The number of fused-ring (bicyclic) bond motifs is 3. The smallest absolute Gasteiger partial charge is 0.256 e. The van der Waals surface area contributed by atoms with Crippen molar-refractivity contribution in [1.82, 2.24) is 4.98 Å². The van der Waals surface area contributed by atoms with Crippen LogP contribution in [-0.2, 0) is 0 Å². The van der Waals surface area contributed by atoms with Gasteiger partial charge in [0.05, 0.1) is 28.4 Å². The molecular formula is C23H20Cl3N3O4. The van der Waals surface area contributed by atoms with E-state index in [1.165, 1.54) is 19.5 Å². The molecule has 4 aromatic rings. The molecule has 10 heteroatoms. The van der Waals surface area contributed by atoms with E-state index in [0.29, 0.717) is 52.1 Å². The van der Waals surface area contributed by atoms with Crippen molar-refractivity contribution >= 4 is 74.0 Å². The van der Waals surface area contributed by atoms with Crippen LogP contribution < -0.4 is 15.0 Å². The van der Waals surface area contributed by atoms with Gasteiger partial charge in [-0.15, -0.1) is 11.6 Å². The molecule has 2 aromatic carbocycles. The molecule has 0 aliphatic rings. The molecule has 2 heterocycles. The second-order valence-corrected chi connectivity index (χ2v) is 8.37. The molecule has 2 aromatic heterocycles. The molecule has 7 nitrogen and oxygen atoms in total. The Labute approximate surface area is 204 Å². The van der Waals surface area contributed by atoms with E-state index in [2.05, 4.69) is 10.3 Å². The normalized spacial score (nSPS) is 11.2. The lowest BCUT2D eigenvalue weighted by molar-refractivity contribution is 0.102. The molecule has 0 bridgehead atoms. The van der Waals surface area contributed by atoms with E-state index in [-0.39, 0.29) is 22.5 Å². The summed E-state index contributed by atoms with van der Waals surface area (Å²) in [4.78, 5) is 19.0. The first-order valence-corrected chi connectivity index (χ1v) is 11.3. The van der Waals surface area contributed by atoms with Crippen molar-refractivity contribution in [2.75, 3.05) is 36.5 Å². The molecule has 0 radical (unpaired) electrons. The molecule has 0 unspecified atom stereocenters. The number of halogens is 3. The van der Waals surface area contributed by atoms with Gasteiger partial charge in [0.25, 0.3) is 5.91 Å². The van der Waals surface area contributed by atoms with Crippen molar-refractivity contribution in [2.45, 2.75) is 6.42 Å². The lowest BCUT2D eigenvalue weighted by Gasteiger charge is -2.21. The van der Waals surface area contributed by atoms with E-state index >= 15 is 0 Å². The van der Waals surface area contributed by atoms with Crippen molar-refractivity contribution in [2.24, 2.45) is 0 Å². The fraction of sp³-hybridized carbons (Fsp3) is 0.217. The van der Waals surface area contributed by atoms with Crippen LogP contribution in [0.25, 0.3) is 21.9 Å². The van der Waals surface area contributed by atoms with Crippen LogP contribution in [0.15, 0.2) is 47.1 Å². The van der Waals surface area contributed by atoms with E-state index in [0.717, 1.165) is 5.69 Å². The molecule has 0 saturated carbocycles. The Hall–Kier alpha value is -2.71. The topological polar surface area (TPSA) is 87.8 Å². The van der Waals surface area contributed by atoms with Gasteiger partial charge in [-0.05, 0) is 36.8 Å². The molecule has 0 saturated heterocycles. The van der Waals surface area contributed by atoms with Crippen LogP contribution in [0.2, 0.25) is 10.0 Å². The van der Waals surface area contributed by atoms with Crippen molar-refractivity contribution in [3.8, 4) is 5.75 Å². The third-order valence-corrected chi connectivity index (χ3v) is 6.06. The summed E-state index contributed by atoms with van der Waals surface area (Å²) in [6.45, 7) is 0.408. The van der Waals surface area contributed by atoms with Gasteiger partial charge in [0.2, 0.25) is 0 Å². The molecule has 0 aliphatic heterocycles. The number of anilines is 2. The van der Waals surface area contributed by atoms with Crippen LogP contribution in [0.3, 0.4) is 0 Å². The molecule has 0 fully saturated rings. The second kappa shape index (κ2) is 10.1. The van der Waals surface area contributed by atoms with Gasteiger partial charge in [-0.2, -0.15) is 0 Å². The van der Waals surface area contributed by atoms with Gasteiger partial charge in [-0.25, -0.2) is 0 Å². The standard InChI is InChI=1S/C23H20Cl3N3O4/c1-32-19-6-4-14(23(31)28-21-16(25)10-27-11-17(21)26)20-15-9-13(29(12-30)8-2-7-24)3-5-18(15)33-22(19)20/h3-6,9-11,30H,2,7-8,12H2,1H3,(H,27,28,31). The Bertz CT molecular complexity index is 1310. The summed E-state index contributed by atoms with van der Waals surface area (Å²) in [7, 11) is 1.53. The first kappa shape index (κ1) is 23.4. The number of aliphatic hydroxyl groups is 1. The lowest BCUT2D eigenvalue weighted by Crippen LogP contribution is -2.25. The second-order valence-electron chi connectivity index (χ2n) is 7.18. The number of hydrogen-bond acceptors (Lipinski definition) is 6. The fourth-order valence-corrected chi connectivity index (χ4v) is 4.21. The zero-order chi connectivity index (χ0) is 23.5. The minimum atomic E-state index is -0.424. The average Bonchev–Trinajstić information content (AvgIpc) is 3.20. The van der Waals surface area contributed by atoms with Crippen LogP contribution >= 0.6 is 34.8 Å². The van der Waals surface area contributed by atoms with Gasteiger partial charge < -0.3 is 24.5 Å². The summed E-state index contributed by atoms with van der Waals surface area (Å²) in [5.74, 6) is 0.544. The Kier molecular flexibility index (Phi) is 7.14. The highest BCUT2D eigenvalue weighted by molar-refractivity contribution is 6.40. The predicted molar refractivity (Wildman–Crippen MR) is 132 cm³/mol. The number of carbonyl (C=O) groups is 1. The molecule has 1 amide bonds. The molecular weight excluding hydrogens is 489 g/mol. The van der Waals surface area contributed by atoms with Crippen LogP contribution in [-0.4, -0.2) is 42.3 Å². The third-order valence-electron chi connectivity index (χ3n) is 5.22. The molecule has 33 heavy (non-hydrogen) atoms. The van der Waals surface area contributed by atoms with Crippen LogP contribution in [0.1, 0.15) is 16.8 Å². The molecule has 4 rings (SSSR count). The summed E-state index contributed by atoms with van der Waals surface area (Å²) in [5, 5.41) is 14.3. The Morgan fingerprint density at radius 3 is 2.64 bits per heavy atom. The minimum absolute atomic E-state index is 0.173. The highest BCUT2D eigenvalue weighted by atomic mass is 35.5. The SMILES string of the molecule is COc1ccc(C(=O)Nc2c(Cl)cncc2Cl)c2c1oc1ccc(N(CO)CCCCl)cc12. The first-order valence-electron chi connectivity index (χ1n) is 10.0. The number of furan rings is 1. The molecule has 0 aliphatic carbocycles. The van der Waals surface area contributed by atoms with Gasteiger partial charge in [0.15, 0.2) is 11.3 Å². The lowest BCUT2D eigenvalue weighted by atomic mass is 10.0. The highest BCUT2D eigenvalue weighted by Gasteiger charge is 2.22. The van der Waals surface area contributed by atoms with Gasteiger partial charge in [0, 0.05) is 41.3 Å². The predicted octanol–water partition coefficient (Wildman–Crippen LogP) is 5.93. The molecule has 2 N–H and O–H groups in total. The highest BCUT2D eigenvalue weighted by Crippen LogP contribution is 2.39. The molecule has 0 atom stereocenters. The van der Waals surface area contributed by atoms with E-state index in [4.69, 9.17) is 44.0 Å². The third kappa shape index (κ3) is 4.54. The summed E-state index contributed by atoms with van der Waals surface area (Å²) >= 11 is 18.2. The maximum absolute atomic E-state index is 13.3. The van der Waals surface area contributed by atoms with Crippen molar-refractivity contribution < 1.29 is 19.1 Å². The van der Waals surface area contributed by atoms with Gasteiger partial charge in [-0.3, -0.25) is 9.78 Å². The van der Waals surface area contributed by atoms with E-state index in [1.807, 2.05) is 12.1 Å². The number of nitrogens with one attached hydrogen (secondary N) is 1. The van der Waals surface area contributed by atoms with Crippen LogP contribution in [0.4, 0.5) is 11.4 Å². The quantitative estimate of drug-likeness (QED) is 0.226. The van der Waals surface area contributed by atoms with Crippen LogP contribution in [0, 0.1) is 0 Å². The van der Waals surface area contributed by atoms with E-state index in [9.17, 15) is 9.90 Å². The van der Waals surface area contributed by atoms with Gasteiger partial charge in [0.1, 0.15) is 12.3 Å². The minimum Gasteiger partial charge on any atom is -0.493 e. The van der Waals surface area contributed by atoms with E-state index in [1.54, 1.807) is 23.1 Å². The molecule has 172 valence electrons. The number of pyridine rings is 1. The number of methoxy groups -OCH3 is 1. The Morgan fingerprint density at radius 2 is 1.97 bits per heavy atom. The number of hydrogen-bond donors (Lipinski definition) is 2. The maximum Gasteiger partial charge on any atom is 0.256 e. The summed E-state index contributed by atoms with van der Waals surface area (Å²) in [5.41, 5.74) is 2.39. The number of benzene rings is 2. The number of rotatable bonds is 8. The number of nitrogens with zero attached hydrogens (tertiary/aromatic N) is 2. The largest absolute Gasteiger partial charge is 0.493 e. The maximum atomic E-state index is 13.3. The Morgan fingerprint density at radius 1 is 1.21 bits per heavy atom. The monoisotopic (exact) mass is 507 g/mol. The number of ether oxygens (including phenoxy) is 1. The number of alkyl halides is 1. The van der Waals surface area contributed by atoms with Gasteiger partial charge in [-0.1, -0.05) is 23.2 Å². The first-order chi connectivity index (χ1) is 16.0. The van der Waals surface area contributed by atoms with E-state index < -0.39 is 5.91 Å². The van der Waals surface area contributed by atoms with Crippen LogP contribution in [0.5, 0.6) is 5.75 Å². The summed E-state index contributed by atoms with van der Waals surface area (Å²) in [6.07, 6.45) is 3.51. The zero-order valence-electron chi connectivity index (χ0n) is 17.6. The number of carbonyl (C=O) groups excluding carboxylic acids is 1. The molecule has 0 spiro atoms. The Balaban J connectivity index is 1.86. The van der Waals surface area contributed by atoms with Crippen molar-refractivity contribution in [3.63, 3.8) is 0 Å². The van der Waals surface area contributed by atoms with Crippen molar-refractivity contribution in [3.05, 3.63) is 58.3 Å². The summed E-state index contributed by atoms with van der Waals surface area (Å²) in [6, 6.07) is 8.83. The van der Waals surface area contributed by atoms with Gasteiger partial charge >= 0.3 is 0 Å².